The van der Waals surface area contributed by atoms with E-state index in [4.69, 9.17) is 4.74 Å². The number of aryl methyl sites for hydroxylation is 1. The number of nitro groups is 1. The highest BCUT2D eigenvalue weighted by molar-refractivity contribution is 5.96. The van der Waals surface area contributed by atoms with Gasteiger partial charge in [-0.25, -0.2) is 4.79 Å². The zero-order valence-corrected chi connectivity index (χ0v) is 16.8. The minimum atomic E-state index is -0.697. The summed E-state index contributed by atoms with van der Waals surface area (Å²) in [5.74, 6) is -1.03. The first-order valence-electron chi connectivity index (χ1n) is 9.13. The number of para-hydroxylation sites is 1. The van der Waals surface area contributed by atoms with Gasteiger partial charge < -0.3 is 9.64 Å². The molecule has 0 saturated heterocycles. The first-order valence-corrected chi connectivity index (χ1v) is 9.13. The van der Waals surface area contributed by atoms with E-state index in [-0.39, 0.29) is 22.4 Å². The second-order valence-electron chi connectivity index (χ2n) is 7.53. The summed E-state index contributed by atoms with van der Waals surface area (Å²) in [6, 6.07) is 11.9. The molecule has 0 radical (unpaired) electrons. The number of nitrogens with zero attached hydrogens (tertiary/aromatic N) is 2. The van der Waals surface area contributed by atoms with Crippen LogP contribution in [0, 0.1) is 17.0 Å². The molecule has 0 bridgehead atoms. The summed E-state index contributed by atoms with van der Waals surface area (Å²) in [7, 11) is 1.90. The standard InChI is InChI=1S/C22H22N2O5/c1-14-11-15(9-10-18(14)24(27)28)21(26)29-13-16(25)12-20-22(2,3)17-7-5-6-8-19(17)23(20)4/h5-12H,13H2,1-4H3/b20-12-. The molecule has 0 fully saturated rings. The molecule has 0 amide bonds. The quantitative estimate of drug-likeness (QED) is 0.330. The van der Waals surface area contributed by atoms with E-state index >= 15 is 0 Å². The SMILES string of the molecule is Cc1cc(C(=O)OCC(=O)/C=C2\N(C)c3ccccc3C2(C)C)ccc1[N+](=O)[O-]. The molecule has 0 N–H and O–H groups in total. The van der Waals surface area contributed by atoms with E-state index in [9.17, 15) is 19.7 Å². The third-order valence-corrected chi connectivity index (χ3v) is 5.21. The number of nitro benzene ring substituents is 1. The molecule has 1 heterocycles. The molecule has 2 aromatic carbocycles. The Morgan fingerprint density at radius 2 is 1.90 bits per heavy atom. The van der Waals surface area contributed by atoms with Crippen molar-refractivity contribution in [3.05, 3.63) is 81.0 Å². The number of ether oxygens (including phenoxy) is 1. The zero-order chi connectivity index (χ0) is 21.3. The van der Waals surface area contributed by atoms with E-state index in [1.807, 2.05) is 50.1 Å². The van der Waals surface area contributed by atoms with Crippen LogP contribution in [0.25, 0.3) is 0 Å². The summed E-state index contributed by atoms with van der Waals surface area (Å²) in [6.45, 7) is 5.22. The van der Waals surface area contributed by atoms with E-state index < -0.39 is 17.5 Å². The molecule has 7 nitrogen and oxygen atoms in total. The minimum absolute atomic E-state index is 0.0755. The summed E-state index contributed by atoms with van der Waals surface area (Å²) in [6.07, 6.45) is 1.51. The number of fused-ring (bicyclic) bond motifs is 1. The van der Waals surface area contributed by atoms with Crippen LogP contribution in [0.3, 0.4) is 0 Å². The topological polar surface area (TPSA) is 89.8 Å². The zero-order valence-electron chi connectivity index (χ0n) is 16.8. The molecule has 2 aromatic rings. The van der Waals surface area contributed by atoms with Gasteiger partial charge in [0.05, 0.1) is 10.5 Å². The lowest BCUT2D eigenvalue weighted by molar-refractivity contribution is -0.385. The summed E-state index contributed by atoms with van der Waals surface area (Å²) in [4.78, 5) is 37.0. The van der Waals surface area contributed by atoms with E-state index in [1.54, 1.807) is 6.92 Å². The van der Waals surface area contributed by atoms with Gasteiger partial charge in [0.25, 0.3) is 5.69 Å². The Hall–Kier alpha value is -3.48. The van der Waals surface area contributed by atoms with Crippen LogP contribution in [0.5, 0.6) is 0 Å². The highest BCUT2D eigenvalue weighted by Gasteiger charge is 2.38. The van der Waals surface area contributed by atoms with Gasteiger partial charge in [-0.05, 0) is 30.7 Å². The first-order chi connectivity index (χ1) is 13.6. The monoisotopic (exact) mass is 394 g/mol. The average molecular weight is 394 g/mol. The number of likely N-dealkylation sites (N-methyl/N-ethyl adjacent to an activating group) is 1. The number of anilines is 1. The molecular weight excluding hydrogens is 372 g/mol. The minimum Gasteiger partial charge on any atom is -0.454 e. The fourth-order valence-electron chi connectivity index (χ4n) is 3.66. The van der Waals surface area contributed by atoms with Gasteiger partial charge >= 0.3 is 5.97 Å². The molecule has 0 spiro atoms. The number of carbonyl (C=O) groups is 2. The van der Waals surface area contributed by atoms with Crippen molar-refractivity contribution >= 4 is 23.1 Å². The van der Waals surface area contributed by atoms with E-state index in [1.165, 1.54) is 24.3 Å². The number of esters is 1. The molecule has 1 aliphatic heterocycles. The maximum atomic E-state index is 12.5. The van der Waals surface area contributed by atoms with Gasteiger partial charge in [-0.15, -0.1) is 0 Å². The largest absolute Gasteiger partial charge is 0.454 e. The lowest BCUT2D eigenvalue weighted by Crippen LogP contribution is -2.25. The van der Waals surface area contributed by atoms with Crippen LogP contribution >= 0.6 is 0 Å². The Morgan fingerprint density at radius 3 is 2.52 bits per heavy atom. The third-order valence-electron chi connectivity index (χ3n) is 5.21. The van der Waals surface area contributed by atoms with Gasteiger partial charge in [0.15, 0.2) is 12.4 Å². The number of benzene rings is 2. The maximum absolute atomic E-state index is 12.5. The van der Waals surface area contributed by atoms with Crippen molar-refractivity contribution in [2.75, 3.05) is 18.6 Å². The molecule has 3 rings (SSSR count). The van der Waals surface area contributed by atoms with Crippen molar-refractivity contribution in [1.29, 1.82) is 0 Å². The third kappa shape index (κ3) is 3.76. The van der Waals surface area contributed by atoms with Crippen molar-refractivity contribution in [1.82, 2.24) is 0 Å². The highest BCUT2D eigenvalue weighted by atomic mass is 16.6. The van der Waals surface area contributed by atoms with Crippen LogP contribution in [0.1, 0.15) is 35.3 Å². The van der Waals surface area contributed by atoms with Gasteiger partial charge in [-0.2, -0.15) is 0 Å². The Kier molecular flexibility index (Phi) is 5.24. The highest BCUT2D eigenvalue weighted by Crippen LogP contribution is 2.46. The van der Waals surface area contributed by atoms with Crippen LogP contribution < -0.4 is 4.90 Å². The summed E-state index contributed by atoms with van der Waals surface area (Å²) in [5.41, 5.74) is 3.08. The van der Waals surface area contributed by atoms with Gasteiger partial charge in [-0.3, -0.25) is 14.9 Å². The summed E-state index contributed by atoms with van der Waals surface area (Å²) < 4.78 is 5.11. The fourth-order valence-corrected chi connectivity index (χ4v) is 3.66. The van der Waals surface area contributed by atoms with E-state index in [2.05, 4.69) is 0 Å². The van der Waals surface area contributed by atoms with Gasteiger partial charge in [0.1, 0.15) is 0 Å². The van der Waals surface area contributed by atoms with E-state index in [0.717, 1.165) is 16.9 Å². The molecule has 150 valence electrons. The normalized spacial score (nSPS) is 15.9. The lowest BCUT2D eigenvalue weighted by atomic mass is 9.83. The lowest BCUT2D eigenvalue weighted by Gasteiger charge is -2.23. The van der Waals surface area contributed by atoms with Crippen LogP contribution in [0.4, 0.5) is 11.4 Å². The Bertz CT molecular complexity index is 1040. The number of ketones is 1. The van der Waals surface area contributed by atoms with Crippen molar-refractivity contribution in [3.63, 3.8) is 0 Å². The Labute approximate surface area is 168 Å². The molecule has 0 saturated carbocycles. The smallest absolute Gasteiger partial charge is 0.338 e. The maximum Gasteiger partial charge on any atom is 0.338 e. The van der Waals surface area contributed by atoms with Crippen molar-refractivity contribution in [2.45, 2.75) is 26.2 Å². The van der Waals surface area contributed by atoms with Gasteiger partial charge in [0.2, 0.25) is 0 Å². The second kappa shape index (κ2) is 7.50. The fraction of sp³-hybridized carbons (Fsp3) is 0.273. The van der Waals surface area contributed by atoms with Crippen LogP contribution in [-0.2, 0) is 14.9 Å². The second-order valence-corrected chi connectivity index (χ2v) is 7.53. The molecule has 0 unspecified atom stereocenters. The van der Waals surface area contributed by atoms with Gasteiger partial charge in [0, 0.05) is 41.6 Å². The number of allylic oxidation sites excluding steroid dienone is 1. The Morgan fingerprint density at radius 1 is 1.21 bits per heavy atom. The first kappa shape index (κ1) is 20.3. The van der Waals surface area contributed by atoms with Crippen LogP contribution in [0.2, 0.25) is 0 Å². The van der Waals surface area contributed by atoms with E-state index in [0.29, 0.717) is 5.56 Å². The summed E-state index contributed by atoms with van der Waals surface area (Å²) in [5, 5.41) is 10.9. The van der Waals surface area contributed by atoms with Gasteiger partial charge in [-0.1, -0.05) is 32.0 Å². The number of rotatable bonds is 5. The molecule has 0 atom stereocenters. The average Bonchev–Trinajstić information content (AvgIpc) is 2.87. The predicted molar refractivity (Wildman–Crippen MR) is 109 cm³/mol. The van der Waals surface area contributed by atoms with Crippen LogP contribution in [0.15, 0.2) is 54.2 Å². The van der Waals surface area contributed by atoms with Crippen molar-refractivity contribution in [2.24, 2.45) is 0 Å². The molecule has 7 heteroatoms. The molecule has 29 heavy (non-hydrogen) atoms. The predicted octanol–water partition coefficient (Wildman–Crippen LogP) is 3.94. The van der Waals surface area contributed by atoms with Crippen LogP contribution in [-0.4, -0.2) is 30.3 Å². The number of carbonyl (C=O) groups excluding carboxylic acids is 2. The number of hydrogen-bond acceptors (Lipinski definition) is 6. The Balaban J connectivity index is 1.71. The van der Waals surface area contributed by atoms with Crippen molar-refractivity contribution < 1.29 is 19.2 Å². The molecule has 0 aliphatic carbocycles. The number of hydrogen-bond donors (Lipinski definition) is 0. The summed E-state index contributed by atoms with van der Waals surface area (Å²) >= 11 is 0. The molecular formula is C22H22N2O5. The molecule has 0 aromatic heterocycles. The van der Waals surface area contributed by atoms with Crippen molar-refractivity contribution in [3.8, 4) is 0 Å². The molecule has 1 aliphatic rings.